The Morgan fingerprint density at radius 2 is 1.71 bits per heavy atom. The molecule has 4 heteroatoms. The Morgan fingerprint density at radius 1 is 1.05 bits per heavy atom. The quantitative estimate of drug-likeness (QED) is 0.804. The lowest BCUT2D eigenvalue weighted by Gasteiger charge is -2.19. The summed E-state index contributed by atoms with van der Waals surface area (Å²) in [7, 11) is 0. The number of benzene rings is 2. The first-order valence-corrected chi connectivity index (χ1v) is 6.97. The van der Waals surface area contributed by atoms with Crippen molar-refractivity contribution in [3.63, 3.8) is 0 Å². The van der Waals surface area contributed by atoms with E-state index < -0.39 is 18.1 Å². The zero-order valence-electron chi connectivity index (χ0n) is 11.4. The molecule has 0 saturated carbocycles. The van der Waals surface area contributed by atoms with E-state index in [-0.39, 0.29) is 5.92 Å². The van der Waals surface area contributed by atoms with Crippen molar-refractivity contribution in [3.8, 4) is 11.1 Å². The van der Waals surface area contributed by atoms with Gasteiger partial charge in [-0.2, -0.15) is 0 Å². The zero-order chi connectivity index (χ0) is 14.8. The fraction of sp³-hybridized carbons (Fsp3) is 0.235. The number of carboxylic acid groups (broad SMARTS) is 1. The minimum absolute atomic E-state index is 0.220. The standard InChI is InChI=1S/C17H17NO3/c19-16-14(10-18-15(16)17(20)21)13-9-5-4-8-12(13)11-6-2-1-3-7-11/h1-9,14-16,18-19H,10H2,(H,20,21)/t14-,15-,16-/m0/s1. The van der Waals surface area contributed by atoms with E-state index in [1.807, 2.05) is 54.6 Å². The summed E-state index contributed by atoms with van der Waals surface area (Å²) in [5.41, 5.74) is 3.08. The summed E-state index contributed by atoms with van der Waals surface area (Å²) in [5.74, 6) is -1.23. The molecule has 1 heterocycles. The van der Waals surface area contributed by atoms with Crippen molar-refractivity contribution in [3.05, 3.63) is 60.2 Å². The molecule has 0 aliphatic carbocycles. The fourth-order valence-electron chi connectivity index (χ4n) is 2.96. The van der Waals surface area contributed by atoms with Crippen molar-refractivity contribution >= 4 is 5.97 Å². The zero-order valence-corrected chi connectivity index (χ0v) is 11.4. The molecule has 21 heavy (non-hydrogen) atoms. The minimum Gasteiger partial charge on any atom is -0.480 e. The van der Waals surface area contributed by atoms with Gasteiger partial charge in [0, 0.05) is 12.5 Å². The number of hydrogen-bond acceptors (Lipinski definition) is 3. The van der Waals surface area contributed by atoms with Crippen LogP contribution < -0.4 is 5.32 Å². The summed E-state index contributed by atoms with van der Waals surface area (Å²) in [6, 6.07) is 16.9. The molecular weight excluding hydrogens is 266 g/mol. The van der Waals surface area contributed by atoms with Gasteiger partial charge >= 0.3 is 5.97 Å². The first kappa shape index (κ1) is 13.8. The van der Waals surface area contributed by atoms with Gasteiger partial charge in [0.25, 0.3) is 0 Å². The van der Waals surface area contributed by atoms with Gasteiger partial charge in [-0.3, -0.25) is 4.79 Å². The third-order valence-electron chi connectivity index (χ3n) is 4.02. The Labute approximate surface area is 123 Å². The summed E-state index contributed by atoms with van der Waals surface area (Å²) >= 11 is 0. The number of carboxylic acids is 1. The van der Waals surface area contributed by atoms with E-state index in [0.29, 0.717) is 6.54 Å². The van der Waals surface area contributed by atoms with Crippen LogP contribution in [0.1, 0.15) is 11.5 Å². The highest BCUT2D eigenvalue weighted by molar-refractivity contribution is 5.76. The van der Waals surface area contributed by atoms with E-state index >= 15 is 0 Å². The van der Waals surface area contributed by atoms with Gasteiger partial charge in [0.15, 0.2) is 0 Å². The van der Waals surface area contributed by atoms with Crippen LogP contribution in [0.25, 0.3) is 11.1 Å². The topological polar surface area (TPSA) is 69.6 Å². The number of nitrogens with one attached hydrogen (secondary N) is 1. The van der Waals surface area contributed by atoms with Crippen LogP contribution in [-0.2, 0) is 4.79 Å². The van der Waals surface area contributed by atoms with Gasteiger partial charge in [-0.25, -0.2) is 0 Å². The predicted octanol–water partition coefficient (Wildman–Crippen LogP) is 1.85. The molecular formula is C17H17NO3. The van der Waals surface area contributed by atoms with E-state index in [1.54, 1.807) is 0 Å². The van der Waals surface area contributed by atoms with Gasteiger partial charge in [0.1, 0.15) is 6.04 Å². The van der Waals surface area contributed by atoms with Crippen LogP contribution in [0.3, 0.4) is 0 Å². The molecule has 108 valence electrons. The molecule has 0 unspecified atom stereocenters. The Morgan fingerprint density at radius 3 is 2.38 bits per heavy atom. The largest absolute Gasteiger partial charge is 0.480 e. The molecule has 1 aliphatic heterocycles. The number of aliphatic hydroxyl groups excluding tert-OH is 1. The maximum Gasteiger partial charge on any atom is 0.323 e. The summed E-state index contributed by atoms with van der Waals surface area (Å²) in [6.45, 7) is 0.460. The van der Waals surface area contributed by atoms with Crippen molar-refractivity contribution in [2.24, 2.45) is 0 Å². The second kappa shape index (κ2) is 5.68. The smallest absolute Gasteiger partial charge is 0.323 e. The molecule has 0 spiro atoms. The molecule has 3 rings (SSSR count). The summed E-state index contributed by atoms with van der Waals surface area (Å²) in [4.78, 5) is 11.1. The van der Waals surface area contributed by atoms with Crippen LogP contribution in [0.15, 0.2) is 54.6 Å². The Kier molecular flexibility index (Phi) is 3.73. The first-order chi connectivity index (χ1) is 10.2. The summed E-state index contributed by atoms with van der Waals surface area (Å²) in [5, 5.41) is 22.3. The molecule has 1 fully saturated rings. The van der Waals surface area contributed by atoms with Crippen LogP contribution >= 0.6 is 0 Å². The lowest BCUT2D eigenvalue weighted by molar-refractivity contribution is -0.141. The van der Waals surface area contributed by atoms with E-state index in [4.69, 9.17) is 5.11 Å². The van der Waals surface area contributed by atoms with Gasteiger partial charge in [-0.1, -0.05) is 54.6 Å². The second-order valence-electron chi connectivity index (χ2n) is 5.27. The molecule has 0 radical (unpaired) electrons. The SMILES string of the molecule is O=C(O)[C@H]1NC[C@@H](c2ccccc2-c2ccccc2)[C@@H]1O. The van der Waals surface area contributed by atoms with Crippen LogP contribution in [-0.4, -0.2) is 34.9 Å². The molecule has 2 aromatic carbocycles. The molecule has 1 aliphatic rings. The monoisotopic (exact) mass is 283 g/mol. The number of aliphatic hydroxyl groups is 1. The van der Waals surface area contributed by atoms with Gasteiger partial charge in [0.05, 0.1) is 6.10 Å². The highest BCUT2D eigenvalue weighted by atomic mass is 16.4. The van der Waals surface area contributed by atoms with Crippen molar-refractivity contribution in [2.75, 3.05) is 6.54 Å². The van der Waals surface area contributed by atoms with Crippen LogP contribution in [0, 0.1) is 0 Å². The number of hydrogen-bond donors (Lipinski definition) is 3. The van der Waals surface area contributed by atoms with Crippen molar-refractivity contribution < 1.29 is 15.0 Å². The average Bonchev–Trinajstić information content (AvgIpc) is 2.90. The highest BCUT2D eigenvalue weighted by Crippen LogP contribution is 2.34. The predicted molar refractivity (Wildman–Crippen MR) is 80.1 cm³/mol. The lowest BCUT2D eigenvalue weighted by atomic mass is 9.87. The Hall–Kier alpha value is -2.17. The maximum atomic E-state index is 11.1. The molecule has 3 atom stereocenters. The molecule has 4 nitrogen and oxygen atoms in total. The van der Waals surface area contributed by atoms with E-state index in [2.05, 4.69) is 5.32 Å². The fourth-order valence-corrected chi connectivity index (χ4v) is 2.96. The molecule has 0 amide bonds. The van der Waals surface area contributed by atoms with E-state index in [0.717, 1.165) is 16.7 Å². The van der Waals surface area contributed by atoms with Crippen molar-refractivity contribution in [2.45, 2.75) is 18.1 Å². The molecule has 2 aromatic rings. The Balaban J connectivity index is 1.99. The van der Waals surface area contributed by atoms with Crippen LogP contribution in [0.4, 0.5) is 0 Å². The van der Waals surface area contributed by atoms with E-state index in [1.165, 1.54) is 0 Å². The normalized spacial score (nSPS) is 24.9. The van der Waals surface area contributed by atoms with Crippen LogP contribution in [0.2, 0.25) is 0 Å². The maximum absolute atomic E-state index is 11.1. The van der Waals surface area contributed by atoms with Crippen molar-refractivity contribution in [1.29, 1.82) is 0 Å². The number of carbonyl (C=O) groups is 1. The summed E-state index contributed by atoms with van der Waals surface area (Å²) in [6.07, 6.45) is -0.924. The third kappa shape index (κ3) is 2.55. The van der Waals surface area contributed by atoms with Gasteiger partial charge in [-0.05, 0) is 16.7 Å². The summed E-state index contributed by atoms with van der Waals surface area (Å²) < 4.78 is 0. The highest BCUT2D eigenvalue weighted by Gasteiger charge is 2.40. The molecule has 1 saturated heterocycles. The van der Waals surface area contributed by atoms with Gasteiger partial charge in [-0.15, -0.1) is 0 Å². The second-order valence-corrected chi connectivity index (χ2v) is 5.27. The first-order valence-electron chi connectivity index (χ1n) is 6.97. The third-order valence-corrected chi connectivity index (χ3v) is 4.02. The van der Waals surface area contributed by atoms with Crippen molar-refractivity contribution in [1.82, 2.24) is 5.32 Å². The number of rotatable bonds is 3. The number of aliphatic carboxylic acids is 1. The van der Waals surface area contributed by atoms with Gasteiger partial charge < -0.3 is 15.5 Å². The lowest BCUT2D eigenvalue weighted by Crippen LogP contribution is -2.38. The van der Waals surface area contributed by atoms with Crippen LogP contribution in [0.5, 0.6) is 0 Å². The molecule has 0 aromatic heterocycles. The Bertz CT molecular complexity index is 641. The molecule has 0 bridgehead atoms. The molecule has 3 N–H and O–H groups in total. The average molecular weight is 283 g/mol. The van der Waals surface area contributed by atoms with E-state index in [9.17, 15) is 9.90 Å². The van der Waals surface area contributed by atoms with Gasteiger partial charge in [0.2, 0.25) is 0 Å². The minimum atomic E-state index is -1.01.